The molecule has 4 aliphatic rings. The first kappa shape index (κ1) is 32.4. The standard InChI is InChI=1S/C56H34OS/c57-56-54-50-18-17-43(38-11-13-40-22-33-6-2-4-8-35(33)24-46(40)27-38)31-52(50)55(58-56)51-20-19-49(53(51)54)44-16-15-42-28-47-26-37(10-14-41(47)29-48(42)30-44)36-9-12-39-21-32-5-1-3-7-34(32)23-45(39)25-36/h1-31,49,54-55H. The summed E-state index contributed by atoms with van der Waals surface area (Å²) in [5, 5.41) is 15.3. The minimum absolute atomic E-state index is 0.0219. The van der Waals surface area contributed by atoms with Gasteiger partial charge in [0.15, 0.2) is 0 Å². The van der Waals surface area contributed by atoms with Gasteiger partial charge in [-0.3, -0.25) is 4.79 Å². The van der Waals surface area contributed by atoms with Crippen LogP contribution in [-0.2, 0) is 4.79 Å². The highest BCUT2D eigenvalue weighted by Gasteiger charge is 2.48. The maximum atomic E-state index is 13.9. The van der Waals surface area contributed by atoms with Crippen molar-refractivity contribution in [3.05, 3.63) is 216 Å². The molecule has 10 aromatic carbocycles. The molecule has 2 heterocycles. The first-order valence-corrected chi connectivity index (χ1v) is 21.1. The second kappa shape index (κ2) is 12.1. The van der Waals surface area contributed by atoms with Gasteiger partial charge in [-0.1, -0.05) is 139 Å². The van der Waals surface area contributed by atoms with Gasteiger partial charge >= 0.3 is 0 Å². The smallest absolute Gasteiger partial charge is 0.201 e. The Labute approximate surface area is 340 Å². The molecule has 0 spiro atoms. The first-order valence-electron chi connectivity index (χ1n) is 20.2. The van der Waals surface area contributed by atoms with Gasteiger partial charge in [0.2, 0.25) is 5.12 Å². The van der Waals surface area contributed by atoms with Crippen LogP contribution in [0.15, 0.2) is 199 Å². The second-order valence-corrected chi connectivity index (χ2v) is 17.5. The van der Waals surface area contributed by atoms with E-state index < -0.39 is 0 Å². The third-order valence-corrected chi connectivity index (χ3v) is 14.3. The number of rotatable bonds is 3. The Morgan fingerprint density at radius 1 is 0.379 bits per heavy atom. The molecule has 270 valence electrons. The summed E-state index contributed by atoms with van der Waals surface area (Å²) in [5.74, 6) is -0.139. The van der Waals surface area contributed by atoms with E-state index in [0.717, 1.165) is 0 Å². The van der Waals surface area contributed by atoms with Crippen LogP contribution in [0.1, 0.15) is 33.8 Å². The Bertz CT molecular complexity index is 3530. The zero-order valence-electron chi connectivity index (χ0n) is 31.4. The number of fused-ring (bicyclic) bond motifs is 7. The van der Waals surface area contributed by atoms with Gasteiger partial charge in [0.05, 0.1) is 11.2 Å². The van der Waals surface area contributed by atoms with Crippen LogP contribution >= 0.6 is 11.8 Å². The van der Waals surface area contributed by atoms with Crippen LogP contribution in [0, 0.1) is 0 Å². The minimum atomic E-state index is -0.225. The Balaban J connectivity index is 0.826. The maximum Gasteiger partial charge on any atom is 0.201 e. The number of carbonyl (C=O) groups excluding carboxylic acids is 1. The lowest BCUT2D eigenvalue weighted by atomic mass is 9.73. The molecule has 2 aliphatic heterocycles. The highest BCUT2D eigenvalue weighted by Crippen LogP contribution is 2.62. The Morgan fingerprint density at radius 3 is 1.34 bits per heavy atom. The van der Waals surface area contributed by atoms with Crippen LogP contribution in [-0.4, -0.2) is 5.12 Å². The van der Waals surface area contributed by atoms with Crippen molar-refractivity contribution in [2.75, 3.05) is 0 Å². The number of thioether (sulfide) groups is 1. The molecule has 3 atom stereocenters. The number of allylic oxidation sites excluding steroid dienone is 3. The van der Waals surface area contributed by atoms with Crippen LogP contribution < -0.4 is 0 Å². The summed E-state index contributed by atoms with van der Waals surface area (Å²) in [5.41, 5.74) is 11.2. The summed E-state index contributed by atoms with van der Waals surface area (Å²) in [6, 6.07) is 65.1. The zero-order valence-corrected chi connectivity index (χ0v) is 32.3. The van der Waals surface area contributed by atoms with E-state index in [0.29, 0.717) is 0 Å². The lowest BCUT2D eigenvalue weighted by molar-refractivity contribution is -0.111. The third-order valence-electron chi connectivity index (χ3n) is 13.1. The van der Waals surface area contributed by atoms with E-state index in [9.17, 15) is 4.79 Å². The fraction of sp³-hybridized carbons (Fsp3) is 0.0536. The van der Waals surface area contributed by atoms with Crippen molar-refractivity contribution < 1.29 is 4.79 Å². The first-order chi connectivity index (χ1) is 28.6. The summed E-state index contributed by atoms with van der Waals surface area (Å²) < 4.78 is 0. The van der Waals surface area contributed by atoms with E-state index in [2.05, 4.69) is 188 Å². The molecule has 2 heteroatoms. The van der Waals surface area contributed by atoms with Crippen molar-refractivity contribution in [3.63, 3.8) is 0 Å². The van der Waals surface area contributed by atoms with Crippen LogP contribution in [0.5, 0.6) is 0 Å². The SMILES string of the molecule is O=C1SC2C3=C(C(c4ccc5cc6cc(-c7ccc8cc9ccccc9cc8c7)ccc6cc5c4)C=C3)C1c1ccc(-c3ccc4cc5ccccc5cc4c3)cc12. The predicted octanol–water partition coefficient (Wildman–Crippen LogP) is 15.0. The fourth-order valence-electron chi connectivity index (χ4n) is 10.2. The van der Waals surface area contributed by atoms with Gasteiger partial charge in [0.1, 0.15) is 0 Å². The summed E-state index contributed by atoms with van der Waals surface area (Å²) in [6.45, 7) is 0. The molecular formula is C56H34OS. The predicted molar refractivity (Wildman–Crippen MR) is 246 cm³/mol. The molecule has 58 heavy (non-hydrogen) atoms. The Morgan fingerprint density at radius 2 is 0.810 bits per heavy atom. The van der Waals surface area contributed by atoms with Crippen LogP contribution in [0.4, 0.5) is 0 Å². The number of benzene rings is 10. The largest absolute Gasteiger partial charge is 0.286 e. The molecule has 10 aromatic rings. The molecule has 3 unspecified atom stereocenters. The van der Waals surface area contributed by atoms with Crippen molar-refractivity contribution in [3.8, 4) is 22.3 Å². The lowest BCUT2D eigenvalue weighted by Gasteiger charge is -2.40. The van der Waals surface area contributed by atoms with E-state index in [1.807, 2.05) is 0 Å². The molecule has 0 amide bonds. The summed E-state index contributed by atoms with van der Waals surface area (Å²) in [7, 11) is 0. The van der Waals surface area contributed by atoms with Gasteiger partial charge < -0.3 is 0 Å². The van der Waals surface area contributed by atoms with Crippen LogP contribution in [0.25, 0.3) is 86.9 Å². The Kier molecular flexibility index (Phi) is 6.77. The molecule has 2 bridgehead atoms. The van der Waals surface area contributed by atoms with Crippen LogP contribution in [0.3, 0.4) is 0 Å². The van der Waals surface area contributed by atoms with E-state index in [-0.39, 0.29) is 22.2 Å². The topological polar surface area (TPSA) is 17.1 Å². The quantitative estimate of drug-likeness (QED) is 0.167. The summed E-state index contributed by atoms with van der Waals surface area (Å²) in [4.78, 5) is 13.9. The van der Waals surface area contributed by atoms with Gasteiger partial charge in [-0.05, 0) is 175 Å². The monoisotopic (exact) mass is 754 g/mol. The van der Waals surface area contributed by atoms with Crippen molar-refractivity contribution in [1.29, 1.82) is 0 Å². The van der Waals surface area contributed by atoms with Gasteiger partial charge in [0.25, 0.3) is 0 Å². The highest BCUT2D eigenvalue weighted by molar-refractivity contribution is 8.14. The van der Waals surface area contributed by atoms with E-state index >= 15 is 0 Å². The molecular weight excluding hydrogens is 721 g/mol. The molecule has 0 saturated heterocycles. The highest BCUT2D eigenvalue weighted by atomic mass is 32.2. The fourth-order valence-corrected chi connectivity index (χ4v) is 11.5. The van der Waals surface area contributed by atoms with Gasteiger partial charge in [-0.25, -0.2) is 0 Å². The van der Waals surface area contributed by atoms with Crippen molar-refractivity contribution >= 4 is 81.5 Å². The number of carbonyl (C=O) groups is 1. The van der Waals surface area contributed by atoms with Gasteiger partial charge in [0, 0.05) is 5.92 Å². The van der Waals surface area contributed by atoms with E-state index in [1.165, 1.54) is 126 Å². The molecule has 0 saturated carbocycles. The van der Waals surface area contributed by atoms with E-state index in [1.54, 1.807) is 0 Å². The average molecular weight is 755 g/mol. The molecule has 2 aliphatic carbocycles. The van der Waals surface area contributed by atoms with Crippen molar-refractivity contribution in [1.82, 2.24) is 0 Å². The molecule has 0 radical (unpaired) electrons. The number of hydrogen-bond acceptors (Lipinski definition) is 2. The molecule has 14 rings (SSSR count). The third kappa shape index (κ3) is 4.88. The lowest BCUT2D eigenvalue weighted by Crippen LogP contribution is -2.29. The van der Waals surface area contributed by atoms with Crippen molar-refractivity contribution in [2.45, 2.75) is 17.1 Å². The van der Waals surface area contributed by atoms with E-state index in [4.69, 9.17) is 0 Å². The number of hydrogen-bond donors (Lipinski definition) is 0. The minimum Gasteiger partial charge on any atom is -0.286 e. The Hall–Kier alpha value is -6.74. The average Bonchev–Trinajstić information content (AvgIpc) is 3.72. The normalized spacial score (nSPS) is 18.3. The van der Waals surface area contributed by atoms with Crippen molar-refractivity contribution in [2.24, 2.45) is 0 Å². The molecule has 0 fully saturated rings. The van der Waals surface area contributed by atoms with Crippen LogP contribution in [0.2, 0.25) is 0 Å². The molecule has 1 nitrogen and oxygen atoms in total. The van der Waals surface area contributed by atoms with Gasteiger partial charge in [-0.2, -0.15) is 0 Å². The zero-order chi connectivity index (χ0) is 38.1. The van der Waals surface area contributed by atoms with Gasteiger partial charge in [-0.15, -0.1) is 0 Å². The maximum absolute atomic E-state index is 13.9. The second-order valence-electron chi connectivity index (χ2n) is 16.4. The summed E-state index contributed by atoms with van der Waals surface area (Å²) in [6.07, 6.45) is 4.65. The summed E-state index contributed by atoms with van der Waals surface area (Å²) >= 11 is 1.52. The molecule has 0 aromatic heterocycles. The molecule has 0 N–H and O–H groups in total.